The Hall–Kier alpha value is -2.27. The maximum Gasteiger partial charge on any atom is 0.274 e. The molecule has 0 radical (unpaired) electrons. The van der Waals surface area contributed by atoms with Crippen molar-refractivity contribution in [3.05, 3.63) is 60.2 Å². The Morgan fingerprint density at radius 1 is 1.27 bits per heavy atom. The van der Waals surface area contributed by atoms with Crippen molar-refractivity contribution < 1.29 is 9.53 Å². The maximum atomic E-state index is 12.5. The molecule has 3 rings (SSSR count). The number of nitrogens with zero attached hydrogens (tertiary/aromatic N) is 3. The van der Waals surface area contributed by atoms with Gasteiger partial charge in [0.1, 0.15) is 5.69 Å². The molecule has 22 heavy (non-hydrogen) atoms. The molecule has 0 N–H and O–H groups in total. The lowest BCUT2D eigenvalue weighted by atomic mass is 9.99. The Kier molecular flexibility index (Phi) is 4.75. The van der Waals surface area contributed by atoms with Gasteiger partial charge in [-0.3, -0.25) is 9.78 Å². The molecule has 1 aromatic carbocycles. The van der Waals surface area contributed by atoms with Crippen LogP contribution in [0.3, 0.4) is 0 Å². The molecule has 0 bridgehead atoms. The van der Waals surface area contributed by atoms with Crippen molar-refractivity contribution in [1.82, 2.24) is 14.9 Å². The molecule has 1 atom stereocenters. The number of amides is 1. The van der Waals surface area contributed by atoms with Crippen LogP contribution in [0.25, 0.3) is 0 Å². The van der Waals surface area contributed by atoms with Gasteiger partial charge in [0.25, 0.3) is 5.91 Å². The predicted molar refractivity (Wildman–Crippen MR) is 82.4 cm³/mol. The highest BCUT2D eigenvalue weighted by atomic mass is 16.5. The van der Waals surface area contributed by atoms with Crippen LogP contribution in [0.5, 0.6) is 0 Å². The van der Waals surface area contributed by atoms with Crippen LogP contribution in [-0.2, 0) is 11.2 Å². The monoisotopic (exact) mass is 297 g/mol. The van der Waals surface area contributed by atoms with Crippen LogP contribution in [0.1, 0.15) is 16.1 Å². The fourth-order valence-electron chi connectivity index (χ4n) is 2.71. The van der Waals surface area contributed by atoms with Crippen LogP contribution in [0.15, 0.2) is 48.9 Å². The second kappa shape index (κ2) is 7.13. The van der Waals surface area contributed by atoms with Gasteiger partial charge < -0.3 is 9.64 Å². The molecule has 2 heterocycles. The molecular formula is C17H19N3O2. The van der Waals surface area contributed by atoms with E-state index in [9.17, 15) is 4.79 Å². The second-order valence-corrected chi connectivity index (χ2v) is 5.47. The number of carbonyl (C=O) groups is 1. The van der Waals surface area contributed by atoms with Gasteiger partial charge in [-0.15, -0.1) is 0 Å². The SMILES string of the molecule is O=C(c1cnccn1)N1CCOC[C@@H](Cc2ccccc2)C1. The standard InChI is InChI=1S/C17H19N3O2/c21-17(16-11-18-6-7-19-16)20-8-9-22-13-15(12-20)10-14-4-2-1-3-5-14/h1-7,11,15H,8-10,12-13H2/t15-/m0/s1. The summed E-state index contributed by atoms with van der Waals surface area (Å²) in [5.41, 5.74) is 1.66. The lowest BCUT2D eigenvalue weighted by Crippen LogP contribution is -2.36. The summed E-state index contributed by atoms with van der Waals surface area (Å²) in [5.74, 6) is 0.224. The summed E-state index contributed by atoms with van der Waals surface area (Å²) in [5, 5.41) is 0. The van der Waals surface area contributed by atoms with Gasteiger partial charge in [-0.1, -0.05) is 30.3 Å². The number of carbonyl (C=O) groups excluding carboxylic acids is 1. The summed E-state index contributed by atoms with van der Waals surface area (Å²) in [4.78, 5) is 22.4. The lowest BCUT2D eigenvalue weighted by Gasteiger charge is -2.23. The Morgan fingerprint density at radius 3 is 2.91 bits per heavy atom. The summed E-state index contributed by atoms with van der Waals surface area (Å²) in [6.45, 7) is 2.53. The smallest absolute Gasteiger partial charge is 0.274 e. The third-order valence-electron chi connectivity index (χ3n) is 3.77. The van der Waals surface area contributed by atoms with Crippen molar-refractivity contribution >= 4 is 5.91 Å². The average Bonchev–Trinajstić information content (AvgIpc) is 2.81. The van der Waals surface area contributed by atoms with Gasteiger partial charge in [0, 0.05) is 31.4 Å². The zero-order valence-corrected chi connectivity index (χ0v) is 12.4. The van der Waals surface area contributed by atoms with Gasteiger partial charge in [-0.25, -0.2) is 4.98 Å². The van der Waals surface area contributed by atoms with E-state index in [-0.39, 0.29) is 5.91 Å². The maximum absolute atomic E-state index is 12.5. The van der Waals surface area contributed by atoms with Gasteiger partial charge >= 0.3 is 0 Å². The molecular weight excluding hydrogens is 278 g/mol. The molecule has 1 amide bonds. The number of hydrogen-bond acceptors (Lipinski definition) is 4. The lowest BCUT2D eigenvalue weighted by molar-refractivity contribution is 0.0731. The fourth-order valence-corrected chi connectivity index (χ4v) is 2.71. The number of aromatic nitrogens is 2. The largest absolute Gasteiger partial charge is 0.379 e. The number of benzene rings is 1. The molecule has 5 heteroatoms. The Balaban J connectivity index is 1.69. The van der Waals surface area contributed by atoms with Crippen LogP contribution < -0.4 is 0 Å². The van der Waals surface area contributed by atoms with Crippen LogP contribution in [-0.4, -0.2) is 47.1 Å². The van der Waals surface area contributed by atoms with Gasteiger partial charge in [0.15, 0.2) is 0 Å². The minimum absolute atomic E-state index is 0.0725. The molecule has 114 valence electrons. The van der Waals surface area contributed by atoms with E-state index in [1.54, 1.807) is 12.4 Å². The van der Waals surface area contributed by atoms with Crippen molar-refractivity contribution in [2.75, 3.05) is 26.3 Å². The summed E-state index contributed by atoms with van der Waals surface area (Å²) in [7, 11) is 0. The van der Waals surface area contributed by atoms with E-state index >= 15 is 0 Å². The highest BCUT2D eigenvalue weighted by Crippen LogP contribution is 2.15. The van der Waals surface area contributed by atoms with E-state index in [4.69, 9.17) is 4.74 Å². The van der Waals surface area contributed by atoms with Crippen molar-refractivity contribution in [3.8, 4) is 0 Å². The van der Waals surface area contributed by atoms with Gasteiger partial charge in [0.2, 0.25) is 0 Å². The molecule has 2 aromatic rings. The van der Waals surface area contributed by atoms with E-state index in [1.165, 1.54) is 11.8 Å². The zero-order valence-electron chi connectivity index (χ0n) is 12.4. The molecule has 0 spiro atoms. The van der Waals surface area contributed by atoms with Crippen LogP contribution >= 0.6 is 0 Å². The number of ether oxygens (including phenoxy) is 1. The minimum Gasteiger partial charge on any atom is -0.379 e. The second-order valence-electron chi connectivity index (χ2n) is 5.47. The van der Waals surface area contributed by atoms with Crippen LogP contribution in [0.4, 0.5) is 0 Å². The molecule has 1 fully saturated rings. The van der Waals surface area contributed by atoms with E-state index in [0.717, 1.165) is 6.42 Å². The molecule has 1 aromatic heterocycles. The summed E-state index contributed by atoms with van der Waals surface area (Å²) in [6, 6.07) is 10.3. The zero-order chi connectivity index (χ0) is 15.2. The van der Waals surface area contributed by atoms with E-state index in [0.29, 0.717) is 37.9 Å². The molecule has 1 aliphatic rings. The van der Waals surface area contributed by atoms with E-state index in [1.807, 2.05) is 23.1 Å². The van der Waals surface area contributed by atoms with Crippen LogP contribution in [0.2, 0.25) is 0 Å². The summed E-state index contributed by atoms with van der Waals surface area (Å²) >= 11 is 0. The first-order valence-electron chi connectivity index (χ1n) is 7.50. The number of rotatable bonds is 3. The molecule has 5 nitrogen and oxygen atoms in total. The van der Waals surface area contributed by atoms with E-state index < -0.39 is 0 Å². The summed E-state index contributed by atoms with van der Waals surface area (Å²) in [6.07, 6.45) is 5.54. The average molecular weight is 297 g/mol. The highest BCUT2D eigenvalue weighted by molar-refractivity contribution is 5.91. The highest BCUT2D eigenvalue weighted by Gasteiger charge is 2.24. The third-order valence-corrected chi connectivity index (χ3v) is 3.77. The van der Waals surface area contributed by atoms with Crippen molar-refractivity contribution in [3.63, 3.8) is 0 Å². The topological polar surface area (TPSA) is 55.3 Å². The van der Waals surface area contributed by atoms with Gasteiger partial charge in [-0.05, 0) is 12.0 Å². The third kappa shape index (κ3) is 3.68. The minimum atomic E-state index is -0.0725. The molecule has 0 saturated carbocycles. The molecule has 1 aliphatic heterocycles. The van der Waals surface area contributed by atoms with Crippen molar-refractivity contribution in [1.29, 1.82) is 0 Å². The first-order valence-corrected chi connectivity index (χ1v) is 7.50. The quantitative estimate of drug-likeness (QED) is 0.867. The van der Waals surface area contributed by atoms with Crippen LogP contribution in [0, 0.1) is 5.92 Å². The van der Waals surface area contributed by atoms with Gasteiger partial charge in [-0.2, -0.15) is 0 Å². The Morgan fingerprint density at radius 2 is 2.14 bits per heavy atom. The fraction of sp³-hybridized carbons (Fsp3) is 0.353. The normalized spacial score (nSPS) is 18.7. The Bertz CT molecular complexity index is 604. The predicted octanol–water partition coefficient (Wildman–Crippen LogP) is 1.81. The summed E-state index contributed by atoms with van der Waals surface area (Å²) < 4.78 is 5.67. The first-order chi connectivity index (χ1) is 10.8. The Labute approximate surface area is 130 Å². The van der Waals surface area contributed by atoms with Crippen molar-refractivity contribution in [2.45, 2.75) is 6.42 Å². The first kappa shape index (κ1) is 14.7. The number of hydrogen-bond donors (Lipinski definition) is 0. The molecule has 0 unspecified atom stereocenters. The molecule has 1 saturated heterocycles. The van der Waals surface area contributed by atoms with Gasteiger partial charge in [0.05, 0.1) is 19.4 Å². The van der Waals surface area contributed by atoms with Crippen molar-refractivity contribution in [2.24, 2.45) is 5.92 Å². The van der Waals surface area contributed by atoms with E-state index in [2.05, 4.69) is 22.1 Å². The molecule has 0 aliphatic carbocycles.